The summed E-state index contributed by atoms with van der Waals surface area (Å²) in [4.78, 5) is 5.03. The first-order valence-corrected chi connectivity index (χ1v) is 6.75. The number of rotatable bonds is 2. The molecule has 4 atom stereocenters. The second-order valence-electron chi connectivity index (χ2n) is 5.98. The normalized spacial score (nSPS) is 41.8. The molecule has 0 bridgehead atoms. The summed E-state index contributed by atoms with van der Waals surface area (Å²) in [5, 5.41) is 0. The number of hydrogen-bond acceptors (Lipinski definition) is 3. The Balaban J connectivity index is 1.96. The van der Waals surface area contributed by atoms with Crippen molar-refractivity contribution < 1.29 is 0 Å². The SMILES string of the molecule is CC1CN(C2CCCCC2N)CC1N(C)C. The molecule has 4 unspecified atom stereocenters. The molecular formula is C13H27N3. The maximum Gasteiger partial charge on any atom is 0.0254 e. The van der Waals surface area contributed by atoms with Gasteiger partial charge < -0.3 is 10.6 Å². The van der Waals surface area contributed by atoms with Crippen LogP contribution in [0.1, 0.15) is 32.6 Å². The number of nitrogens with zero attached hydrogens (tertiary/aromatic N) is 2. The van der Waals surface area contributed by atoms with E-state index in [1.165, 1.54) is 38.8 Å². The van der Waals surface area contributed by atoms with E-state index >= 15 is 0 Å². The van der Waals surface area contributed by atoms with Crippen LogP contribution >= 0.6 is 0 Å². The minimum Gasteiger partial charge on any atom is -0.326 e. The number of nitrogens with two attached hydrogens (primary N) is 1. The van der Waals surface area contributed by atoms with Gasteiger partial charge in [0.1, 0.15) is 0 Å². The second-order valence-corrected chi connectivity index (χ2v) is 5.98. The fourth-order valence-electron chi connectivity index (χ4n) is 3.52. The molecule has 2 fully saturated rings. The fraction of sp³-hybridized carbons (Fsp3) is 1.00. The summed E-state index contributed by atoms with van der Waals surface area (Å²) in [7, 11) is 4.40. The minimum absolute atomic E-state index is 0.418. The van der Waals surface area contributed by atoms with Crippen LogP contribution in [0.15, 0.2) is 0 Å². The first-order valence-electron chi connectivity index (χ1n) is 6.75. The van der Waals surface area contributed by atoms with Gasteiger partial charge in [-0.3, -0.25) is 4.90 Å². The maximum atomic E-state index is 6.27. The van der Waals surface area contributed by atoms with Crippen molar-refractivity contribution in [2.45, 2.75) is 50.7 Å². The topological polar surface area (TPSA) is 32.5 Å². The first-order chi connectivity index (χ1) is 7.59. The summed E-state index contributed by atoms with van der Waals surface area (Å²) in [6.07, 6.45) is 5.24. The zero-order chi connectivity index (χ0) is 11.7. The molecule has 3 nitrogen and oxygen atoms in total. The zero-order valence-electron chi connectivity index (χ0n) is 11.0. The Hall–Kier alpha value is -0.120. The average molecular weight is 225 g/mol. The maximum absolute atomic E-state index is 6.27. The van der Waals surface area contributed by atoms with E-state index in [4.69, 9.17) is 5.73 Å². The standard InChI is InChI=1S/C13H27N3/c1-10-8-16(9-13(10)15(2)3)12-7-5-4-6-11(12)14/h10-13H,4-9,14H2,1-3H3. The summed E-state index contributed by atoms with van der Waals surface area (Å²) in [6, 6.07) is 1.79. The molecule has 0 aromatic heterocycles. The molecule has 0 aromatic carbocycles. The van der Waals surface area contributed by atoms with Gasteiger partial charge in [-0.1, -0.05) is 19.8 Å². The predicted molar refractivity (Wildman–Crippen MR) is 68.4 cm³/mol. The molecule has 2 aliphatic rings. The van der Waals surface area contributed by atoms with Crippen LogP contribution < -0.4 is 5.73 Å². The highest BCUT2D eigenvalue weighted by atomic mass is 15.3. The van der Waals surface area contributed by atoms with Crippen molar-refractivity contribution >= 4 is 0 Å². The van der Waals surface area contributed by atoms with Gasteiger partial charge in [-0.05, 0) is 32.9 Å². The van der Waals surface area contributed by atoms with E-state index in [9.17, 15) is 0 Å². The molecule has 3 heteroatoms. The lowest BCUT2D eigenvalue weighted by Gasteiger charge is -2.36. The van der Waals surface area contributed by atoms with Crippen molar-refractivity contribution in [2.24, 2.45) is 11.7 Å². The monoisotopic (exact) mass is 225 g/mol. The quantitative estimate of drug-likeness (QED) is 0.765. The smallest absolute Gasteiger partial charge is 0.0254 e. The molecule has 0 spiro atoms. The van der Waals surface area contributed by atoms with Crippen LogP contribution in [0.5, 0.6) is 0 Å². The van der Waals surface area contributed by atoms with E-state index in [1.807, 2.05) is 0 Å². The molecule has 1 saturated heterocycles. The van der Waals surface area contributed by atoms with Crippen LogP contribution in [0.25, 0.3) is 0 Å². The van der Waals surface area contributed by atoms with Crippen molar-refractivity contribution in [3.63, 3.8) is 0 Å². The van der Waals surface area contributed by atoms with Crippen LogP contribution in [-0.4, -0.2) is 55.1 Å². The summed E-state index contributed by atoms with van der Waals surface area (Å²) >= 11 is 0. The number of hydrogen-bond donors (Lipinski definition) is 1. The van der Waals surface area contributed by atoms with Gasteiger partial charge in [0.15, 0.2) is 0 Å². The third kappa shape index (κ3) is 2.41. The van der Waals surface area contributed by atoms with Crippen LogP contribution in [0.2, 0.25) is 0 Å². The lowest BCUT2D eigenvalue weighted by atomic mass is 9.90. The molecule has 0 amide bonds. The van der Waals surface area contributed by atoms with Crippen molar-refractivity contribution in [3.8, 4) is 0 Å². The summed E-state index contributed by atoms with van der Waals surface area (Å²) in [5.74, 6) is 0.782. The molecule has 16 heavy (non-hydrogen) atoms. The third-order valence-electron chi connectivity index (χ3n) is 4.51. The molecule has 2 rings (SSSR count). The fourth-order valence-corrected chi connectivity index (χ4v) is 3.52. The molecule has 2 N–H and O–H groups in total. The lowest BCUT2D eigenvalue weighted by molar-refractivity contribution is 0.156. The zero-order valence-corrected chi connectivity index (χ0v) is 11.0. The van der Waals surface area contributed by atoms with Gasteiger partial charge in [0.2, 0.25) is 0 Å². The van der Waals surface area contributed by atoms with Crippen LogP contribution in [0.4, 0.5) is 0 Å². The molecule has 1 aliphatic carbocycles. The Morgan fingerprint density at radius 3 is 2.38 bits per heavy atom. The van der Waals surface area contributed by atoms with Gasteiger partial charge in [0, 0.05) is 31.2 Å². The van der Waals surface area contributed by atoms with Crippen LogP contribution in [0, 0.1) is 5.92 Å². The van der Waals surface area contributed by atoms with E-state index < -0.39 is 0 Å². The third-order valence-corrected chi connectivity index (χ3v) is 4.51. The second kappa shape index (κ2) is 5.03. The van der Waals surface area contributed by atoms with Gasteiger partial charge in [-0.15, -0.1) is 0 Å². The van der Waals surface area contributed by atoms with Gasteiger partial charge >= 0.3 is 0 Å². The first kappa shape index (κ1) is 12.3. The highest BCUT2D eigenvalue weighted by Crippen LogP contribution is 2.28. The Kier molecular flexibility index (Phi) is 3.88. The predicted octanol–water partition coefficient (Wildman–Crippen LogP) is 1.14. The summed E-state index contributed by atoms with van der Waals surface area (Å²) in [6.45, 7) is 4.83. The molecule has 1 aliphatic heterocycles. The van der Waals surface area contributed by atoms with Crippen LogP contribution in [0.3, 0.4) is 0 Å². The molecule has 1 heterocycles. The van der Waals surface area contributed by atoms with Crippen molar-refractivity contribution in [1.29, 1.82) is 0 Å². The highest BCUT2D eigenvalue weighted by molar-refractivity contribution is 4.94. The van der Waals surface area contributed by atoms with Crippen molar-refractivity contribution in [3.05, 3.63) is 0 Å². The molecule has 1 saturated carbocycles. The molecule has 0 radical (unpaired) electrons. The number of likely N-dealkylation sites (N-methyl/N-ethyl adjacent to an activating group) is 1. The molecule has 94 valence electrons. The van der Waals surface area contributed by atoms with Crippen molar-refractivity contribution in [1.82, 2.24) is 9.80 Å². The summed E-state index contributed by atoms with van der Waals surface area (Å²) < 4.78 is 0. The Labute approximate surface area is 100.0 Å². The van der Waals surface area contributed by atoms with E-state index in [0.717, 1.165) is 5.92 Å². The van der Waals surface area contributed by atoms with E-state index in [2.05, 4.69) is 30.8 Å². The Morgan fingerprint density at radius 1 is 1.12 bits per heavy atom. The molecule has 0 aromatic rings. The largest absolute Gasteiger partial charge is 0.326 e. The van der Waals surface area contributed by atoms with Gasteiger partial charge in [-0.25, -0.2) is 0 Å². The highest BCUT2D eigenvalue weighted by Gasteiger charge is 2.37. The summed E-state index contributed by atoms with van der Waals surface area (Å²) in [5.41, 5.74) is 6.27. The Bertz CT molecular complexity index is 229. The van der Waals surface area contributed by atoms with Crippen molar-refractivity contribution in [2.75, 3.05) is 27.2 Å². The van der Waals surface area contributed by atoms with Gasteiger partial charge in [0.25, 0.3) is 0 Å². The van der Waals surface area contributed by atoms with Gasteiger partial charge in [-0.2, -0.15) is 0 Å². The minimum atomic E-state index is 0.418. The Morgan fingerprint density at radius 2 is 1.81 bits per heavy atom. The average Bonchev–Trinajstić information content (AvgIpc) is 2.61. The molecular weight excluding hydrogens is 198 g/mol. The van der Waals surface area contributed by atoms with Gasteiger partial charge in [0.05, 0.1) is 0 Å². The van der Waals surface area contributed by atoms with E-state index in [0.29, 0.717) is 18.1 Å². The van der Waals surface area contributed by atoms with Crippen LogP contribution in [-0.2, 0) is 0 Å². The van der Waals surface area contributed by atoms with E-state index in [-0.39, 0.29) is 0 Å². The lowest BCUT2D eigenvalue weighted by Crippen LogP contribution is -2.49. The van der Waals surface area contributed by atoms with E-state index in [1.54, 1.807) is 0 Å². The number of likely N-dealkylation sites (tertiary alicyclic amines) is 1.